The lowest BCUT2D eigenvalue weighted by molar-refractivity contribution is -0.113. The van der Waals surface area contributed by atoms with E-state index in [2.05, 4.69) is 15.5 Å². The van der Waals surface area contributed by atoms with Crippen LogP contribution < -0.4 is 10.1 Å². The molecule has 1 N–H and O–H groups in total. The lowest BCUT2D eigenvalue weighted by atomic mass is 10.2. The van der Waals surface area contributed by atoms with E-state index in [0.717, 1.165) is 5.56 Å². The van der Waals surface area contributed by atoms with Gasteiger partial charge in [0.15, 0.2) is 17.1 Å². The summed E-state index contributed by atoms with van der Waals surface area (Å²) in [5.41, 5.74) is 1.64. The quantitative estimate of drug-likeness (QED) is 0.494. The molecule has 0 fully saturated rings. The lowest BCUT2D eigenvalue weighted by Crippen LogP contribution is -2.15. The molecule has 6 nitrogen and oxygen atoms in total. The van der Waals surface area contributed by atoms with Crippen LogP contribution in [0.2, 0.25) is 10.0 Å². The van der Waals surface area contributed by atoms with Crippen molar-refractivity contribution in [2.75, 3.05) is 11.1 Å². The van der Waals surface area contributed by atoms with E-state index in [1.165, 1.54) is 11.8 Å². The van der Waals surface area contributed by atoms with E-state index in [0.29, 0.717) is 32.5 Å². The molecule has 0 spiro atoms. The number of hydrogen-bond donors (Lipinski definition) is 1. The number of anilines is 1. The highest BCUT2D eigenvalue weighted by molar-refractivity contribution is 7.99. The highest BCUT2D eigenvalue weighted by Gasteiger charge is 2.18. The van der Waals surface area contributed by atoms with Gasteiger partial charge in [0.25, 0.3) is 0 Å². The molecule has 0 radical (unpaired) electrons. The fourth-order valence-corrected chi connectivity index (χ4v) is 3.72. The van der Waals surface area contributed by atoms with Gasteiger partial charge in [0.2, 0.25) is 5.91 Å². The van der Waals surface area contributed by atoms with E-state index >= 15 is 0 Å². The molecule has 0 saturated carbocycles. The molecular formula is C20H20Cl2N4O2S. The number of benzene rings is 2. The molecule has 1 amide bonds. The van der Waals surface area contributed by atoms with Gasteiger partial charge in [-0.2, -0.15) is 0 Å². The predicted octanol–water partition coefficient (Wildman–Crippen LogP) is 5.30. The number of halogens is 2. The topological polar surface area (TPSA) is 69.0 Å². The third-order valence-electron chi connectivity index (χ3n) is 4.15. The van der Waals surface area contributed by atoms with E-state index in [4.69, 9.17) is 27.9 Å². The largest absolute Gasteiger partial charge is 0.483 e. The lowest BCUT2D eigenvalue weighted by Gasteiger charge is -2.14. The first-order valence-electron chi connectivity index (χ1n) is 8.84. The first kappa shape index (κ1) is 21.5. The van der Waals surface area contributed by atoms with Gasteiger partial charge in [0, 0.05) is 22.8 Å². The van der Waals surface area contributed by atoms with Crippen molar-refractivity contribution in [2.45, 2.75) is 25.1 Å². The standard InChI is InChI=1S/C20H20Cl2N4O2S/c1-12-7-8-15(22)10-17(12)23-18(27)11-29-20-25-24-19(26(20)3)13(2)28-16-6-4-5-14(21)9-16/h4-10,13H,11H2,1-3H3,(H,23,27). The van der Waals surface area contributed by atoms with Gasteiger partial charge in [-0.05, 0) is 49.7 Å². The number of nitrogens with one attached hydrogen (secondary N) is 1. The van der Waals surface area contributed by atoms with Gasteiger partial charge in [-0.25, -0.2) is 0 Å². The predicted molar refractivity (Wildman–Crippen MR) is 117 cm³/mol. The van der Waals surface area contributed by atoms with E-state index < -0.39 is 0 Å². The maximum absolute atomic E-state index is 12.3. The Balaban J connectivity index is 1.60. The molecule has 0 aliphatic carbocycles. The van der Waals surface area contributed by atoms with Crippen molar-refractivity contribution < 1.29 is 9.53 Å². The smallest absolute Gasteiger partial charge is 0.234 e. The summed E-state index contributed by atoms with van der Waals surface area (Å²) in [7, 11) is 1.84. The van der Waals surface area contributed by atoms with Crippen LogP contribution >= 0.6 is 35.0 Å². The summed E-state index contributed by atoms with van der Waals surface area (Å²) < 4.78 is 7.71. The molecule has 0 aliphatic heterocycles. The van der Waals surface area contributed by atoms with Crippen molar-refractivity contribution in [3.63, 3.8) is 0 Å². The first-order valence-corrected chi connectivity index (χ1v) is 10.6. The minimum atomic E-state index is -0.330. The molecular weight excluding hydrogens is 431 g/mol. The zero-order valence-electron chi connectivity index (χ0n) is 16.1. The number of aryl methyl sites for hydroxylation is 1. The molecule has 0 bridgehead atoms. The number of hydrogen-bond acceptors (Lipinski definition) is 5. The van der Waals surface area contributed by atoms with Crippen LogP contribution in [-0.2, 0) is 11.8 Å². The Bertz CT molecular complexity index is 1030. The van der Waals surface area contributed by atoms with E-state index in [1.807, 2.05) is 43.7 Å². The van der Waals surface area contributed by atoms with Crippen LogP contribution in [0.4, 0.5) is 5.69 Å². The molecule has 0 saturated heterocycles. The Morgan fingerprint density at radius 2 is 1.97 bits per heavy atom. The third kappa shape index (κ3) is 5.65. The number of thioether (sulfide) groups is 1. The summed E-state index contributed by atoms with van der Waals surface area (Å²) in [6.45, 7) is 3.79. The van der Waals surface area contributed by atoms with Crippen molar-refractivity contribution in [3.8, 4) is 5.75 Å². The molecule has 1 unspecified atom stereocenters. The monoisotopic (exact) mass is 450 g/mol. The summed E-state index contributed by atoms with van der Waals surface area (Å²) in [5, 5.41) is 13.1. The highest BCUT2D eigenvalue weighted by atomic mass is 35.5. The van der Waals surface area contributed by atoms with Crippen molar-refractivity contribution in [2.24, 2.45) is 7.05 Å². The molecule has 9 heteroatoms. The summed E-state index contributed by atoms with van der Waals surface area (Å²) in [6, 6.07) is 12.6. The summed E-state index contributed by atoms with van der Waals surface area (Å²) >= 11 is 13.3. The Morgan fingerprint density at radius 3 is 2.72 bits per heavy atom. The fraction of sp³-hybridized carbons (Fsp3) is 0.250. The van der Waals surface area contributed by atoms with Gasteiger partial charge in [0.1, 0.15) is 5.75 Å². The van der Waals surface area contributed by atoms with Gasteiger partial charge < -0.3 is 14.6 Å². The van der Waals surface area contributed by atoms with E-state index in [1.54, 1.807) is 24.3 Å². The Hall–Kier alpha value is -2.22. The number of carbonyl (C=O) groups excluding carboxylic acids is 1. The second-order valence-corrected chi connectivity index (χ2v) is 8.23. The second-order valence-electron chi connectivity index (χ2n) is 6.41. The fourth-order valence-electron chi connectivity index (χ4n) is 2.65. The number of ether oxygens (including phenoxy) is 1. The molecule has 1 heterocycles. The molecule has 29 heavy (non-hydrogen) atoms. The second kappa shape index (κ2) is 9.52. The van der Waals surface area contributed by atoms with Crippen LogP contribution in [0, 0.1) is 6.92 Å². The third-order valence-corrected chi connectivity index (χ3v) is 5.64. The van der Waals surface area contributed by atoms with Crippen LogP contribution in [0.15, 0.2) is 47.6 Å². The van der Waals surface area contributed by atoms with Crippen LogP contribution in [0.5, 0.6) is 5.75 Å². The minimum Gasteiger partial charge on any atom is -0.483 e. The summed E-state index contributed by atoms with van der Waals surface area (Å²) in [6.07, 6.45) is -0.330. The molecule has 1 atom stereocenters. The van der Waals surface area contributed by atoms with E-state index in [9.17, 15) is 4.79 Å². The van der Waals surface area contributed by atoms with Gasteiger partial charge in [0.05, 0.1) is 5.75 Å². The van der Waals surface area contributed by atoms with Crippen LogP contribution in [0.1, 0.15) is 24.4 Å². The molecule has 3 aromatic rings. The SMILES string of the molecule is Cc1ccc(Cl)cc1NC(=O)CSc1nnc(C(C)Oc2cccc(Cl)c2)n1C. The maximum Gasteiger partial charge on any atom is 0.234 e. The number of carbonyl (C=O) groups is 1. The van der Waals surface area contributed by atoms with Gasteiger partial charge in [-0.1, -0.05) is 47.1 Å². The molecule has 152 valence electrons. The Labute approximate surface area is 183 Å². The Kier molecular flexibility index (Phi) is 7.05. The van der Waals surface area contributed by atoms with Crippen LogP contribution in [-0.4, -0.2) is 26.4 Å². The maximum atomic E-state index is 12.3. The number of nitrogens with zero attached hydrogens (tertiary/aromatic N) is 3. The van der Waals surface area contributed by atoms with Gasteiger partial charge >= 0.3 is 0 Å². The minimum absolute atomic E-state index is 0.145. The highest BCUT2D eigenvalue weighted by Crippen LogP contribution is 2.26. The average Bonchev–Trinajstić information content (AvgIpc) is 3.04. The van der Waals surface area contributed by atoms with Crippen molar-refractivity contribution in [3.05, 3.63) is 63.9 Å². The Morgan fingerprint density at radius 1 is 1.21 bits per heavy atom. The average molecular weight is 451 g/mol. The van der Waals surface area contributed by atoms with Crippen molar-refractivity contribution >= 4 is 46.6 Å². The molecule has 3 rings (SSSR count). The summed E-state index contributed by atoms with van der Waals surface area (Å²) in [4.78, 5) is 12.3. The molecule has 2 aromatic carbocycles. The zero-order chi connectivity index (χ0) is 21.0. The first-order chi connectivity index (χ1) is 13.8. The van der Waals surface area contributed by atoms with Gasteiger partial charge in [-0.3, -0.25) is 4.79 Å². The van der Waals surface area contributed by atoms with Crippen molar-refractivity contribution in [1.29, 1.82) is 0 Å². The van der Waals surface area contributed by atoms with Crippen LogP contribution in [0.3, 0.4) is 0 Å². The van der Waals surface area contributed by atoms with Crippen molar-refractivity contribution in [1.82, 2.24) is 14.8 Å². The van der Waals surface area contributed by atoms with Gasteiger partial charge in [-0.15, -0.1) is 10.2 Å². The normalized spacial score (nSPS) is 11.9. The number of amides is 1. The van der Waals surface area contributed by atoms with E-state index in [-0.39, 0.29) is 17.8 Å². The summed E-state index contributed by atoms with van der Waals surface area (Å²) in [5.74, 6) is 1.35. The molecule has 1 aromatic heterocycles. The number of rotatable bonds is 7. The molecule has 0 aliphatic rings. The van der Waals surface area contributed by atoms with Crippen LogP contribution in [0.25, 0.3) is 0 Å². The number of aromatic nitrogens is 3. The zero-order valence-corrected chi connectivity index (χ0v) is 18.5.